The molecule has 2 atom stereocenters. The normalized spacial score (nSPS) is 25.6. The highest BCUT2D eigenvalue weighted by atomic mass is 16.1. The lowest BCUT2D eigenvalue weighted by Crippen LogP contribution is -2.54. The Balaban J connectivity index is 1.33. The van der Waals surface area contributed by atoms with Crippen molar-refractivity contribution in [3.05, 3.63) is 18.3 Å². The molecule has 3 fully saturated rings. The Labute approximate surface area is 176 Å². The van der Waals surface area contributed by atoms with E-state index in [0.29, 0.717) is 29.8 Å². The van der Waals surface area contributed by atoms with Crippen LogP contribution in [-0.4, -0.2) is 47.5 Å². The lowest BCUT2D eigenvalue weighted by molar-refractivity contribution is -0.118. The Hall–Kier alpha value is -1.62. The highest BCUT2D eigenvalue weighted by Crippen LogP contribution is 2.58. The quantitative estimate of drug-likeness (QED) is 0.732. The molecule has 1 saturated heterocycles. The molecule has 1 aromatic heterocycles. The molecule has 2 unspecified atom stereocenters. The van der Waals surface area contributed by atoms with Crippen LogP contribution in [0.1, 0.15) is 66.2 Å². The van der Waals surface area contributed by atoms with Crippen molar-refractivity contribution in [2.24, 2.45) is 17.3 Å². The van der Waals surface area contributed by atoms with Crippen LogP contribution in [0.3, 0.4) is 0 Å². The van der Waals surface area contributed by atoms with Crippen LogP contribution < -0.4 is 10.2 Å². The molecule has 3 aliphatic rings. The van der Waals surface area contributed by atoms with Gasteiger partial charge >= 0.3 is 0 Å². The fraction of sp³-hybridized carbons (Fsp3) is 0.750. The van der Waals surface area contributed by atoms with Crippen LogP contribution in [0.2, 0.25) is 0 Å². The van der Waals surface area contributed by atoms with E-state index in [0.717, 1.165) is 37.1 Å². The second-order valence-electron chi connectivity index (χ2n) is 10.2. The van der Waals surface area contributed by atoms with Gasteiger partial charge in [0.2, 0.25) is 5.91 Å². The molecule has 160 valence electrons. The van der Waals surface area contributed by atoms with Gasteiger partial charge in [0, 0.05) is 38.1 Å². The van der Waals surface area contributed by atoms with E-state index in [1.807, 2.05) is 12.3 Å². The third-order valence-electron chi connectivity index (χ3n) is 7.77. The van der Waals surface area contributed by atoms with Crippen LogP contribution >= 0.6 is 0 Å². The summed E-state index contributed by atoms with van der Waals surface area (Å²) in [5, 5.41) is 3.11. The standard InChI is InChI=1S/C24H38N4O/c1-17(2)27-12-13-28(18(3)16-27)22-9-8-20(15-25-22)26-23(29)14-21(19-6-5-7-19)24(4)10-11-24/h8-9,15,17-19,21H,5-7,10-14,16H2,1-4H3,(H,26,29). The number of hydrogen-bond donors (Lipinski definition) is 1. The zero-order valence-electron chi connectivity index (χ0n) is 18.7. The van der Waals surface area contributed by atoms with Gasteiger partial charge in [0.25, 0.3) is 0 Å². The minimum atomic E-state index is 0.156. The van der Waals surface area contributed by atoms with Gasteiger partial charge in [-0.3, -0.25) is 9.69 Å². The topological polar surface area (TPSA) is 48.5 Å². The molecule has 2 aliphatic carbocycles. The average Bonchev–Trinajstić information content (AvgIpc) is 3.39. The van der Waals surface area contributed by atoms with Crippen molar-refractivity contribution < 1.29 is 4.79 Å². The van der Waals surface area contributed by atoms with Gasteiger partial charge in [-0.2, -0.15) is 0 Å². The van der Waals surface area contributed by atoms with Gasteiger partial charge in [0.15, 0.2) is 0 Å². The van der Waals surface area contributed by atoms with Gasteiger partial charge in [-0.15, -0.1) is 0 Å². The lowest BCUT2D eigenvalue weighted by Gasteiger charge is -2.42. The number of amides is 1. The number of nitrogens with one attached hydrogen (secondary N) is 1. The van der Waals surface area contributed by atoms with Crippen molar-refractivity contribution in [2.75, 3.05) is 29.9 Å². The van der Waals surface area contributed by atoms with Crippen molar-refractivity contribution >= 4 is 17.4 Å². The molecular weight excluding hydrogens is 360 g/mol. The number of rotatable bonds is 7. The van der Waals surface area contributed by atoms with Crippen LogP contribution in [0.5, 0.6) is 0 Å². The molecule has 5 heteroatoms. The summed E-state index contributed by atoms with van der Waals surface area (Å²) in [5.74, 6) is 2.49. The molecule has 1 aromatic rings. The zero-order valence-corrected chi connectivity index (χ0v) is 18.7. The molecule has 0 aromatic carbocycles. The van der Waals surface area contributed by atoms with Crippen LogP contribution in [0.25, 0.3) is 0 Å². The number of carbonyl (C=O) groups excluding carboxylic acids is 1. The van der Waals surface area contributed by atoms with Gasteiger partial charge in [0.05, 0.1) is 11.9 Å². The van der Waals surface area contributed by atoms with Crippen molar-refractivity contribution in [2.45, 2.75) is 78.3 Å². The first-order chi connectivity index (χ1) is 13.9. The maximum atomic E-state index is 12.7. The monoisotopic (exact) mass is 398 g/mol. The third kappa shape index (κ3) is 4.60. The Bertz CT molecular complexity index is 708. The van der Waals surface area contributed by atoms with Crippen molar-refractivity contribution in [1.29, 1.82) is 0 Å². The summed E-state index contributed by atoms with van der Waals surface area (Å²) in [4.78, 5) is 22.3. The van der Waals surface area contributed by atoms with Crippen LogP contribution in [-0.2, 0) is 4.79 Å². The smallest absolute Gasteiger partial charge is 0.224 e. The van der Waals surface area contributed by atoms with E-state index in [1.165, 1.54) is 32.1 Å². The van der Waals surface area contributed by atoms with Crippen molar-refractivity contribution in [3.8, 4) is 0 Å². The Kier molecular flexibility index (Phi) is 5.87. The second-order valence-corrected chi connectivity index (χ2v) is 10.2. The van der Waals surface area contributed by atoms with Crippen LogP contribution in [0.4, 0.5) is 11.5 Å². The summed E-state index contributed by atoms with van der Waals surface area (Å²) in [6.45, 7) is 12.3. The highest BCUT2D eigenvalue weighted by Gasteiger charge is 2.49. The van der Waals surface area contributed by atoms with E-state index in [4.69, 9.17) is 0 Å². The average molecular weight is 399 g/mol. The number of anilines is 2. The predicted octanol–water partition coefficient (Wildman–Crippen LogP) is 4.55. The molecule has 29 heavy (non-hydrogen) atoms. The van der Waals surface area contributed by atoms with E-state index in [1.54, 1.807) is 0 Å². The highest BCUT2D eigenvalue weighted by molar-refractivity contribution is 5.90. The van der Waals surface area contributed by atoms with Gasteiger partial charge < -0.3 is 10.2 Å². The first-order valence-electron chi connectivity index (χ1n) is 11.6. The third-order valence-corrected chi connectivity index (χ3v) is 7.77. The SMILES string of the molecule is CC(C)N1CCN(c2ccc(NC(=O)CC(C3CCC3)C3(C)CC3)cn2)C(C)C1. The maximum Gasteiger partial charge on any atom is 0.224 e. The van der Waals surface area contributed by atoms with E-state index < -0.39 is 0 Å². The molecule has 1 N–H and O–H groups in total. The molecule has 1 amide bonds. The summed E-state index contributed by atoms with van der Waals surface area (Å²) >= 11 is 0. The Morgan fingerprint density at radius 3 is 2.55 bits per heavy atom. The molecule has 0 spiro atoms. The fourth-order valence-corrected chi connectivity index (χ4v) is 5.23. The lowest BCUT2D eigenvalue weighted by atomic mass is 9.68. The first kappa shape index (κ1) is 20.6. The molecule has 0 radical (unpaired) electrons. The fourth-order valence-electron chi connectivity index (χ4n) is 5.23. The molecule has 0 bridgehead atoms. The first-order valence-corrected chi connectivity index (χ1v) is 11.6. The van der Waals surface area contributed by atoms with E-state index in [9.17, 15) is 4.79 Å². The predicted molar refractivity (Wildman–Crippen MR) is 119 cm³/mol. The van der Waals surface area contributed by atoms with Crippen molar-refractivity contribution in [3.63, 3.8) is 0 Å². The number of hydrogen-bond acceptors (Lipinski definition) is 4. The minimum Gasteiger partial charge on any atom is -0.351 e. The van der Waals surface area contributed by atoms with Gasteiger partial charge in [-0.05, 0) is 63.0 Å². The van der Waals surface area contributed by atoms with E-state index in [-0.39, 0.29) is 5.91 Å². The van der Waals surface area contributed by atoms with E-state index in [2.05, 4.69) is 53.9 Å². The van der Waals surface area contributed by atoms with Crippen molar-refractivity contribution in [1.82, 2.24) is 9.88 Å². The number of aromatic nitrogens is 1. The number of pyridine rings is 1. The van der Waals surface area contributed by atoms with E-state index >= 15 is 0 Å². The number of piperazine rings is 1. The largest absolute Gasteiger partial charge is 0.351 e. The summed E-state index contributed by atoms with van der Waals surface area (Å²) in [5.41, 5.74) is 1.24. The molecule has 5 nitrogen and oxygen atoms in total. The van der Waals surface area contributed by atoms with Crippen LogP contribution in [0, 0.1) is 17.3 Å². The summed E-state index contributed by atoms with van der Waals surface area (Å²) in [6, 6.07) is 5.11. The van der Waals surface area contributed by atoms with Gasteiger partial charge in [-0.1, -0.05) is 26.2 Å². The number of nitrogens with zero attached hydrogens (tertiary/aromatic N) is 3. The molecule has 1 aliphatic heterocycles. The summed E-state index contributed by atoms with van der Waals surface area (Å²) in [7, 11) is 0. The second kappa shape index (κ2) is 8.25. The zero-order chi connectivity index (χ0) is 20.6. The summed E-state index contributed by atoms with van der Waals surface area (Å²) in [6.07, 6.45) is 9.04. The molecular formula is C24H38N4O. The Morgan fingerprint density at radius 1 is 1.28 bits per heavy atom. The molecule has 4 rings (SSSR count). The van der Waals surface area contributed by atoms with Crippen LogP contribution in [0.15, 0.2) is 18.3 Å². The maximum absolute atomic E-state index is 12.7. The summed E-state index contributed by atoms with van der Waals surface area (Å²) < 4.78 is 0. The minimum absolute atomic E-state index is 0.156. The Morgan fingerprint density at radius 2 is 2.03 bits per heavy atom. The molecule has 2 heterocycles. The van der Waals surface area contributed by atoms with Gasteiger partial charge in [-0.25, -0.2) is 4.98 Å². The van der Waals surface area contributed by atoms with Gasteiger partial charge in [0.1, 0.15) is 5.82 Å². The molecule has 2 saturated carbocycles. The number of carbonyl (C=O) groups is 1.